The Morgan fingerprint density at radius 2 is 1.61 bits per heavy atom. The number of carboxylic acid groups (broad SMARTS) is 1. The van der Waals surface area contributed by atoms with E-state index in [9.17, 15) is 33.3 Å². The fourth-order valence-electron chi connectivity index (χ4n) is 3.77. The van der Waals surface area contributed by atoms with Gasteiger partial charge in [0.2, 0.25) is 17.7 Å². The van der Waals surface area contributed by atoms with E-state index in [1.54, 1.807) is 12.1 Å². The van der Waals surface area contributed by atoms with Crippen molar-refractivity contribution in [2.24, 2.45) is 5.73 Å². The molecule has 0 saturated carbocycles. The average molecular weight is 599 g/mol. The highest BCUT2D eigenvalue weighted by atomic mass is 32.2. The monoisotopic (exact) mass is 598 g/mol. The lowest BCUT2D eigenvalue weighted by molar-refractivity contribution is -0.142. The smallest absolute Gasteiger partial charge is 0.326 e. The van der Waals surface area contributed by atoms with Crippen LogP contribution in [0.4, 0.5) is 5.69 Å². The van der Waals surface area contributed by atoms with E-state index in [0.29, 0.717) is 24.9 Å². The van der Waals surface area contributed by atoms with Gasteiger partial charge in [-0.3, -0.25) is 19.2 Å². The highest BCUT2D eigenvalue weighted by Crippen LogP contribution is 2.10. The van der Waals surface area contributed by atoms with Crippen LogP contribution in [0.15, 0.2) is 24.3 Å². The van der Waals surface area contributed by atoms with Crippen LogP contribution in [0.5, 0.6) is 0 Å². The van der Waals surface area contributed by atoms with E-state index >= 15 is 0 Å². The molecule has 1 aromatic carbocycles. The number of unbranched alkanes of at least 4 members (excludes halogenated alkanes) is 1. The molecule has 4 atom stereocenters. The fourth-order valence-corrected chi connectivity index (χ4v) is 4.21. The summed E-state index contributed by atoms with van der Waals surface area (Å²) in [6, 6.07) is 3.87. The van der Waals surface area contributed by atoms with Crippen LogP contribution in [0.3, 0.4) is 0 Å². The first kappa shape index (κ1) is 35.5. The summed E-state index contributed by atoms with van der Waals surface area (Å²) < 4.78 is 19.8. The minimum Gasteiger partial charge on any atom is -0.480 e. The molecule has 4 unspecified atom stereocenters. The second-order valence-electron chi connectivity index (χ2n) is 9.37. The van der Waals surface area contributed by atoms with Gasteiger partial charge in [0.1, 0.15) is 12.1 Å². The molecule has 0 fully saturated rings. The molecule has 0 aromatic heterocycles. The van der Waals surface area contributed by atoms with Crippen molar-refractivity contribution in [2.75, 3.05) is 31.2 Å². The summed E-state index contributed by atoms with van der Waals surface area (Å²) in [6.07, 6.45) is 1.69. The molecule has 0 aliphatic rings. The molecule has 0 radical (unpaired) electrons. The molecule has 0 bridgehead atoms. The number of anilines is 1. The Morgan fingerprint density at radius 3 is 2.17 bits per heavy atom. The van der Waals surface area contributed by atoms with Gasteiger partial charge < -0.3 is 42.0 Å². The van der Waals surface area contributed by atoms with E-state index in [2.05, 4.69) is 33.5 Å². The van der Waals surface area contributed by atoms with Crippen molar-refractivity contribution in [2.45, 2.75) is 70.0 Å². The number of nitrogens with one attached hydrogen (secondary N) is 5. The number of amides is 4. The first-order chi connectivity index (χ1) is 19.5. The van der Waals surface area contributed by atoms with Crippen LogP contribution in [0, 0.1) is 0 Å². The maximum Gasteiger partial charge on any atom is 0.326 e. The predicted octanol–water partition coefficient (Wildman–Crippen LogP) is -0.0719. The second kappa shape index (κ2) is 19.5. The van der Waals surface area contributed by atoms with Crippen molar-refractivity contribution in [3.05, 3.63) is 29.8 Å². The van der Waals surface area contributed by atoms with E-state index in [1.165, 1.54) is 7.05 Å². The molecule has 0 spiro atoms. The van der Waals surface area contributed by atoms with Crippen LogP contribution in [-0.2, 0) is 30.3 Å². The minimum absolute atomic E-state index is 0.00613. The van der Waals surface area contributed by atoms with Gasteiger partial charge >= 0.3 is 5.97 Å². The van der Waals surface area contributed by atoms with Gasteiger partial charge in [-0.2, -0.15) is 0 Å². The Labute approximate surface area is 242 Å². The number of carboxylic acids is 1. The molecule has 15 heteroatoms. The summed E-state index contributed by atoms with van der Waals surface area (Å²) >= 11 is -2.11. The molecule has 0 saturated heterocycles. The largest absolute Gasteiger partial charge is 0.480 e. The van der Waals surface area contributed by atoms with Crippen molar-refractivity contribution in [1.29, 1.82) is 0 Å². The van der Waals surface area contributed by atoms with Gasteiger partial charge in [-0.05, 0) is 69.8 Å². The van der Waals surface area contributed by atoms with E-state index in [4.69, 9.17) is 10.3 Å². The molecule has 41 heavy (non-hydrogen) atoms. The van der Waals surface area contributed by atoms with Crippen molar-refractivity contribution < 1.29 is 37.8 Å². The molecule has 0 aliphatic carbocycles. The van der Waals surface area contributed by atoms with Crippen molar-refractivity contribution >= 4 is 46.4 Å². The topological polar surface area (TPSA) is 229 Å². The van der Waals surface area contributed by atoms with Crippen molar-refractivity contribution in [3.8, 4) is 0 Å². The molecule has 0 aliphatic heterocycles. The van der Waals surface area contributed by atoms with Gasteiger partial charge in [-0.15, -0.1) is 0 Å². The molecular weight excluding hydrogens is 556 g/mol. The molecule has 1 aromatic rings. The zero-order valence-corrected chi connectivity index (χ0v) is 24.3. The highest BCUT2D eigenvalue weighted by Gasteiger charge is 2.26. The lowest BCUT2D eigenvalue weighted by Crippen LogP contribution is -2.50. The zero-order chi connectivity index (χ0) is 30.8. The van der Waals surface area contributed by atoms with Crippen LogP contribution in [0.2, 0.25) is 0 Å². The fraction of sp³-hybridized carbons (Fsp3) is 0.577. The molecular formula is C26H42N6O8S. The summed E-state index contributed by atoms with van der Waals surface area (Å²) in [4.78, 5) is 60.5. The van der Waals surface area contributed by atoms with E-state index < -0.39 is 52.9 Å². The van der Waals surface area contributed by atoms with Crippen molar-refractivity contribution in [3.63, 3.8) is 0 Å². The molecule has 230 valence electrons. The summed E-state index contributed by atoms with van der Waals surface area (Å²) in [5.41, 5.74) is 6.86. The van der Waals surface area contributed by atoms with Crippen molar-refractivity contribution in [1.82, 2.24) is 21.3 Å². The standard InChI is InChI=1S/C26H42N6O8S/c1-3-14-29-18-9-7-17(8-10-18)24(35)30-15-5-4-6-19(23(27)34)31-22(33)12-11-21(26(37)38)32-25(36)20(28-2)13-16-41(39)40/h7-10,19-21,28-29H,3-6,11-16H2,1-2H3,(H2,27,34)(H,30,35)(H,31,33)(H,32,36)(H,37,38)(H,39,40). The number of nitrogens with two attached hydrogens (primary N) is 1. The summed E-state index contributed by atoms with van der Waals surface area (Å²) in [7, 11) is 1.45. The van der Waals surface area contributed by atoms with Gasteiger partial charge in [0.25, 0.3) is 5.91 Å². The number of benzene rings is 1. The Morgan fingerprint density at radius 1 is 0.927 bits per heavy atom. The van der Waals surface area contributed by atoms with Gasteiger partial charge in [0.05, 0.1) is 11.8 Å². The number of likely N-dealkylation sites (N-methyl/N-ethyl adjacent to an activating group) is 1. The molecule has 4 amide bonds. The normalized spacial score (nSPS) is 13.7. The Bertz CT molecular complexity index is 1040. The van der Waals surface area contributed by atoms with Crippen LogP contribution in [0.1, 0.15) is 62.2 Å². The number of hydrogen-bond donors (Lipinski definition) is 8. The first-order valence-electron chi connectivity index (χ1n) is 13.5. The van der Waals surface area contributed by atoms with E-state index in [-0.39, 0.29) is 37.3 Å². The molecule has 0 heterocycles. The SMILES string of the molecule is CCCNc1ccc(C(=O)NCCCCC(NC(=O)CCC(NC(=O)C(CCS(=O)O)NC)C(=O)O)C(N)=O)cc1. The van der Waals surface area contributed by atoms with Crippen LogP contribution in [0.25, 0.3) is 0 Å². The highest BCUT2D eigenvalue weighted by molar-refractivity contribution is 7.79. The van der Waals surface area contributed by atoms with Crippen LogP contribution < -0.4 is 32.3 Å². The number of carbonyl (C=O) groups is 5. The third-order valence-electron chi connectivity index (χ3n) is 6.13. The van der Waals surface area contributed by atoms with E-state index in [1.807, 2.05) is 12.1 Å². The lowest BCUT2D eigenvalue weighted by atomic mass is 10.1. The third-order valence-corrected chi connectivity index (χ3v) is 6.72. The van der Waals surface area contributed by atoms with Gasteiger partial charge in [-0.1, -0.05) is 6.92 Å². The summed E-state index contributed by atoms with van der Waals surface area (Å²) in [5, 5.41) is 22.9. The summed E-state index contributed by atoms with van der Waals surface area (Å²) in [5.74, 6) is -3.81. The second-order valence-corrected chi connectivity index (χ2v) is 10.4. The quantitative estimate of drug-likeness (QED) is 0.0693. The number of hydrogen-bond acceptors (Lipinski definition) is 8. The Balaban J connectivity index is 2.46. The van der Waals surface area contributed by atoms with Crippen LogP contribution in [-0.4, -0.2) is 87.5 Å². The maximum absolute atomic E-state index is 12.4. The number of carbonyl (C=O) groups excluding carboxylic acids is 4. The van der Waals surface area contributed by atoms with Gasteiger partial charge in [0, 0.05) is 30.8 Å². The molecule has 14 nitrogen and oxygen atoms in total. The van der Waals surface area contributed by atoms with Crippen LogP contribution >= 0.6 is 0 Å². The first-order valence-corrected chi connectivity index (χ1v) is 14.7. The molecule has 9 N–H and O–H groups in total. The minimum atomic E-state index is -2.11. The maximum atomic E-state index is 12.4. The predicted molar refractivity (Wildman–Crippen MR) is 154 cm³/mol. The number of aliphatic carboxylic acids is 1. The van der Waals surface area contributed by atoms with Gasteiger partial charge in [-0.25, -0.2) is 9.00 Å². The Kier molecular flexibility index (Phi) is 16.9. The van der Waals surface area contributed by atoms with Gasteiger partial charge in [0.15, 0.2) is 11.1 Å². The number of primary amides is 1. The van der Waals surface area contributed by atoms with E-state index in [0.717, 1.165) is 18.7 Å². The Hall–Kier alpha value is -3.56. The average Bonchev–Trinajstić information content (AvgIpc) is 2.93. The zero-order valence-electron chi connectivity index (χ0n) is 23.4. The third kappa shape index (κ3) is 14.6. The molecule has 1 rings (SSSR count). The lowest BCUT2D eigenvalue weighted by Gasteiger charge is -2.20. The number of rotatable bonds is 21. The summed E-state index contributed by atoms with van der Waals surface area (Å²) in [6.45, 7) is 3.26.